The van der Waals surface area contributed by atoms with Gasteiger partial charge >= 0.3 is 6.03 Å². The molecule has 6 N–H and O–H groups in total. The molecule has 0 fully saturated rings. The van der Waals surface area contributed by atoms with Crippen LogP contribution in [0.25, 0.3) is 0 Å². The number of carbonyl (C=O) groups is 3. The van der Waals surface area contributed by atoms with Crippen LogP contribution in [0.4, 0.5) is 27.5 Å². The number of benzene rings is 4. The van der Waals surface area contributed by atoms with Crippen molar-refractivity contribution in [2.75, 3.05) is 55.5 Å². The minimum atomic E-state index is -0.436. The smallest absolute Gasteiger partial charge is 0.323 e. The van der Waals surface area contributed by atoms with Crippen LogP contribution in [0.1, 0.15) is 35.3 Å². The number of nitrogens with one attached hydrogen (secondary N) is 3. The molecule has 1 aliphatic rings. The Labute approximate surface area is 298 Å². The third-order valence-corrected chi connectivity index (χ3v) is 8.89. The van der Waals surface area contributed by atoms with Crippen molar-refractivity contribution in [1.82, 2.24) is 9.80 Å². The van der Waals surface area contributed by atoms with Gasteiger partial charge in [0.15, 0.2) is 0 Å². The van der Waals surface area contributed by atoms with Gasteiger partial charge in [0.05, 0.1) is 37.6 Å². The Morgan fingerprint density at radius 3 is 2.37 bits per heavy atom. The number of para-hydroxylation sites is 2. The Bertz CT molecular complexity index is 1820. The number of urea groups is 1. The van der Waals surface area contributed by atoms with E-state index in [0.717, 1.165) is 5.56 Å². The van der Waals surface area contributed by atoms with Crippen molar-refractivity contribution in [2.24, 2.45) is 5.92 Å². The highest BCUT2D eigenvalue weighted by Crippen LogP contribution is 2.30. The predicted molar refractivity (Wildman–Crippen MR) is 199 cm³/mol. The molecule has 4 amide bonds. The third-order valence-electron chi connectivity index (χ3n) is 8.89. The highest BCUT2D eigenvalue weighted by atomic mass is 16.5. The lowest BCUT2D eigenvalue weighted by Gasteiger charge is -2.34. The topological polar surface area (TPSA) is 158 Å². The van der Waals surface area contributed by atoms with Gasteiger partial charge in [-0.2, -0.15) is 0 Å². The Morgan fingerprint density at radius 2 is 1.69 bits per heavy atom. The molecular formula is C39H46N6O6. The van der Waals surface area contributed by atoms with Crippen molar-refractivity contribution in [2.45, 2.75) is 39.0 Å². The Morgan fingerprint density at radius 1 is 1.00 bits per heavy atom. The first-order valence-corrected chi connectivity index (χ1v) is 16.9. The summed E-state index contributed by atoms with van der Waals surface area (Å²) >= 11 is 0. The largest absolute Gasteiger partial charge is 0.497 e. The van der Waals surface area contributed by atoms with E-state index >= 15 is 0 Å². The maximum absolute atomic E-state index is 13.6. The average molecular weight is 695 g/mol. The van der Waals surface area contributed by atoms with Crippen LogP contribution in [0, 0.1) is 5.92 Å². The highest BCUT2D eigenvalue weighted by molar-refractivity contribution is 6.05. The molecule has 0 aliphatic carbocycles. The normalized spacial score (nSPS) is 16.5. The lowest BCUT2D eigenvalue weighted by molar-refractivity contribution is -0.134. The highest BCUT2D eigenvalue weighted by Gasteiger charge is 2.31. The average Bonchev–Trinajstić information content (AvgIpc) is 3.16. The monoisotopic (exact) mass is 694 g/mol. The summed E-state index contributed by atoms with van der Waals surface area (Å²) in [4.78, 5) is 43.1. The maximum atomic E-state index is 13.6. The third kappa shape index (κ3) is 9.77. The summed E-state index contributed by atoms with van der Waals surface area (Å²) in [5.41, 5.74) is 10.3. The summed E-state index contributed by atoms with van der Waals surface area (Å²) in [5, 5.41) is 18.5. The van der Waals surface area contributed by atoms with Crippen LogP contribution in [-0.2, 0) is 17.8 Å². The second-order valence-corrected chi connectivity index (χ2v) is 13.0. The van der Waals surface area contributed by atoms with Crippen LogP contribution in [0.5, 0.6) is 11.5 Å². The first kappa shape index (κ1) is 36.7. The van der Waals surface area contributed by atoms with Crippen LogP contribution in [0.15, 0.2) is 91.0 Å². The van der Waals surface area contributed by atoms with Gasteiger partial charge in [0.2, 0.25) is 5.91 Å². The number of carbonyl (C=O) groups excluding carboxylic acids is 3. The van der Waals surface area contributed by atoms with E-state index in [1.807, 2.05) is 45.2 Å². The Kier molecular flexibility index (Phi) is 12.1. The number of anilines is 4. The van der Waals surface area contributed by atoms with Gasteiger partial charge in [-0.1, -0.05) is 31.2 Å². The molecule has 268 valence electrons. The maximum Gasteiger partial charge on any atom is 0.323 e. The van der Waals surface area contributed by atoms with Crippen LogP contribution >= 0.6 is 0 Å². The SMILES string of the molecule is COc1ccc(NC(=O)Nc2ccc3c(c2)CC(=O)N([C@@H](C)CO)C[C@H](C)[C@H](CN(C)Cc2ccc(C(=O)Nc4ccccc4N)cc2)O3)cc1. The Hall–Kier alpha value is -5.59. The quantitative estimate of drug-likeness (QED) is 0.130. The fraction of sp³-hybridized carbons (Fsp3) is 0.308. The molecule has 5 rings (SSSR count). The van der Waals surface area contributed by atoms with E-state index in [2.05, 4.69) is 20.9 Å². The minimum Gasteiger partial charge on any atom is -0.497 e. The fourth-order valence-corrected chi connectivity index (χ4v) is 5.94. The zero-order chi connectivity index (χ0) is 36.5. The van der Waals surface area contributed by atoms with Gasteiger partial charge in [0, 0.05) is 48.1 Å². The van der Waals surface area contributed by atoms with Gasteiger partial charge in [-0.15, -0.1) is 0 Å². The lowest BCUT2D eigenvalue weighted by Crippen LogP contribution is -2.47. The molecule has 1 heterocycles. The van der Waals surface area contributed by atoms with E-state index in [1.54, 1.807) is 78.7 Å². The summed E-state index contributed by atoms with van der Waals surface area (Å²) < 4.78 is 11.8. The number of hydrogen-bond acceptors (Lipinski definition) is 8. The number of nitrogens with zero attached hydrogens (tertiary/aromatic N) is 2. The number of nitrogen functional groups attached to an aromatic ring is 1. The first-order chi connectivity index (χ1) is 24.5. The number of aliphatic hydroxyl groups is 1. The number of hydrogen-bond donors (Lipinski definition) is 5. The molecule has 0 radical (unpaired) electrons. The second kappa shape index (κ2) is 16.9. The van der Waals surface area contributed by atoms with Crippen LogP contribution in [0.2, 0.25) is 0 Å². The molecule has 0 saturated heterocycles. The van der Waals surface area contributed by atoms with E-state index < -0.39 is 6.03 Å². The van der Waals surface area contributed by atoms with E-state index in [1.165, 1.54) is 0 Å². The lowest BCUT2D eigenvalue weighted by atomic mass is 10.0. The number of nitrogens with two attached hydrogens (primary N) is 1. The number of ether oxygens (including phenoxy) is 2. The molecule has 0 saturated carbocycles. The standard InChI is InChI=1S/C39H46N6O6/c1-25-21-45(26(2)24-46)37(47)20-29-19-31(42-39(49)41-30-13-16-32(50-4)17-14-30)15-18-35(29)51-36(25)23-44(3)22-27-9-11-28(12-10-27)38(48)43-34-8-6-5-7-33(34)40/h5-19,25-26,36,46H,20-24,40H2,1-4H3,(H,43,48)(H2,41,42,49)/t25-,26-,36-/m0/s1. The summed E-state index contributed by atoms with van der Waals surface area (Å²) in [7, 11) is 3.57. The Balaban J connectivity index is 1.28. The van der Waals surface area contributed by atoms with Crippen molar-refractivity contribution in [3.63, 3.8) is 0 Å². The minimum absolute atomic E-state index is 0.0430. The van der Waals surface area contributed by atoms with Crippen molar-refractivity contribution in [1.29, 1.82) is 0 Å². The molecule has 51 heavy (non-hydrogen) atoms. The summed E-state index contributed by atoms with van der Waals surface area (Å²) in [5.74, 6) is 0.772. The van der Waals surface area contributed by atoms with Crippen LogP contribution in [0.3, 0.4) is 0 Å². The number of fused-ring (bicyclic) bond motifs is 1. The van der Waals surface area contributed by atoms with E-state index in [-0.39, 0.29) is 42.9 Å². The number of amides is 4. The molecule has 4 aromatic carbocycles. The molecule has 12 nitrogen and oxygen atoms in total. The van der Waals surface area contributed by atoms with Gasteiger partial charge in [-0.05, 0) is 86.3 Å². The zero-order valence-electron chi connectivity index (χ0n) is 29.4. The van der Waals surface area contributed by atoms with Gasteiger partial charge in [0.1, 0.15) is 17.6 Å². The molecule has 0 spiro atoms. The van der Waals surface area contributed by atoms with Crippen LogP contribution in [-0.4, -0.2) is 78.8 Å². The fourth-order valence-electron chi connectivity index (χ4n) is 5.94. The molecule has 0 aromatic heterocycles. The van der Waals surface area contributed by atoms with Crippen molar-refractivity contribution in [3.8, 4) is 11.5 Å². The van der Waals surface area contributed by atoms with Gasteiger partial charge in [0.25, 0.3) is 5.91 Å². The van der Waals surface area contributed by atoms with Gasteiger partial charge < -0.3 is 41.2 Å². The van der Waals surface area contributed by atoms with Crippen molar-refractivity contribution < 1.29 is 29.0 Å². The molecule has 1 aliphatic heterocycles. The van der Waals surface area contributed by atoms with Crippen LogP contribution < -0.4 is 31.2 Å². The number of aliphatic hydroxyl groups excluding tert-OH is 1. The molecule has 12 heteroatoms. The predicted octanol–water partition coefficient (Wildman–Crippen LogP) is 5.45. The van der Waals surface area contributed by atoms with Crippen molar-refractivity contribution in [3.05, 3.63) is 108 Å². The second-order valence-electron chi connectivity index (χ2n) is 13.0. The summed E-state index contributed by atoms with van der Waals surface area (Å²) in [6, 6.07) is 26.0. The molecular weight excluding hydrogens is 648 g/mol. The first-order valence-electron chi connectivity index (χ1n) is 16.9. The number of likely N-dealkylation sites (N-methyl/N-ethyl adjacent to an activating group) is 1. The van der Waals surface area contributed by atoms with E-state index in [4.69, 9.17) is 15.2 Å². The summed E-state index contributed by atoms with van der Waals surface area (Å²) in [6.45, 7) is 5.23. The van der Waals surface area contributed by atoms with Crippen molar-refractivity contribution >= 4 is 40.6 Å². The van der Waals surface area contributed by atoms with Gasteiger partial charge in [-0.3, -0.25) is 14.5 Å². The number of rotatable bonds is 11. The molecule has 3 atom stereocenters. The zero-order valence-corrected chi connectivity index (χ0v) is 29.4. The van der Waals surface area contributed by atoms with E-state index in [9.17, 15) is 19.5 Å². The molecule has 0 bridgehead atoms. The molecule has 4 aromatic rings. The molecule has 0 unspecified atom stereocenters. The van der Waals surface area contributed by atoms with Gasteiger partial charge in [-0.25, -0.2) is 4.79 Å². The van der Waals surface area contributed by atoms with E-state index in [0.29, 0.717) is 65.0 Å². The number of methoxy groups -OCH3 is 1. The summed E-state index contributed by atoms with van der Waals surface area (Å²) in [6.07, 6.45) is -0.270.